The number of hydrogen-bond donors (Lipinski definition) is 1. The van der Waals surface area contributed by atoms with Crippen LogP contribution in [0.1, 0.15) is 12.0 Å². The third kappa shape index (κ3) is 2.37. The molecule has 1 aromatic rings. The van der Waals surface area contributed by atoms with Crippen molar-refractivity contribution >= 4 is 0 Å². The Morgan fingerprint density at radius 2 is 1.94 bits per heavy atom. The molecule has 2 aliphatic heterocycles. The Labute approximate surface area is 103 Å². The summed E-state index contributed by atoms with van der Waals surface area (Å²) in [6, 6.07) is 10.9. The van der Waals surface area contributed by atoms with E-state index >= 15 is 0 Å². The summed E-state index contributed by atoms with van der Waals surface area (Å²) >= 11 is 0. The van der Waals surface area contributed by atoms with E-state index in [2.05, 4.69) is 40.1 Å². The molecule has 0 spiro atoms. The number of hydrogen-bond acceptors (Lipinski definition) is 3. The SMILES string of the molecule is O[C@@H]1CCN2CCN(Cc3ccccc3)[C@H]1C2. The van der Waals surface area contributed by atoms with Crippen molar-refractivity contribution in [3.8, 4) is 0 Å². The van der Waals surface area contributed by atoms with E-state index in [0.29, 0.717) is 6.04 Å². The molecule has 0 aromatic heterocycles. The molecule has 1 N–H and O–H groups in total. The van der Waals surface area contributed by atoms with E-state index in [1.165, 1.54) is 5.56 Å². The lowest BCUT2D eigenvalue weighted by Crippen LogP contribution is -2.61. The van der Waals surface area contributed by atoms with Crippen molar-refractivity contribution < 1.29 is 5.11 Å². The zero-order valence-corrected chi connectivity index (χ0v) is 10.1. The molecular formula is C14H20N2O. The third-order valence-corrected chi connectivity index (χ3v) is 4.03. The average molecular weight is 232 g/mol. The molecule has 2 fully saturated rings. The summed E-state index contributed by atoms with van der Waals surface area (Å²) in [7, 11) is 0. The molecule has 3 nitrogen and oxygen atoms in total. The van der Waals surface area contributed by atoms with Crippen LogP contribution in [0.3, 0.4) is 0 Å². The fourth-order valence-corrected chi connectivity index (χ4v) is 3.00. The lowest BCUT2D eigenvalue weighted by molar-refractivity contribution is -0.0489. The summed E-state index contributed by atoms with van der Waals surface area (Å²) in [5.41, 5.74) is 1.35. The monoisotopic (exact) mass is 232 g/mol. The van der Waals surface area contributed by atoms with E-state index in [1.54, 1.807) is 0 Å². The fraction of sp³-hybridized carbons (Fsp3) is 0.571. The average Bonchev–Trinajstić information content (AvgIpc) is 2.38. The van der Waals surface area contributed by atoms with Crippen molar-refractivity contribution in [1.82, 2.24) is 9.80 Å². The summed E-state index contributed by atoms with van der Waals surface area (Å²) in [6.07, 6.45) is 0.783. The molecule has 17 heavy (non-hydrogen) atoms. The van der Waals surface area contributed by atoms with Gasteiger partial charge in [-0.25, -0.2) is 0 Å². The molecule has 0 aliphatic carbocycles. The molecular weight excluding hydrogens is 212 g/mol. The minimum Gasteiger partial charge on any atom is -0.391 e. The minimum atomic E-state index is -0.143. The van der Waals surface area contributed by atoms with Gasteiger partial charge in [0, 0.05) is 38.8 Å². The maximum Gasteiger partial charge on any atom is 0.0720 e. The van der Waals surface area contributed by atoms with Crippen LogP contribution in [-0.2, 0) is 6.54 Å². The van der Waals surface area contributed by atoms with Crippen molar-refractivity contribution in [1.29, 1.82) is 0 Å². The molecule has 0 saturated carbocycles. The van der Waals surface area contributed by atoms with Crippen LogP contribution in [0.2, 0.25) is 0 Å². The van der Waals surface area contributed by atoms with Crippen LogP contribution in [0.5, 0.6) is 0 Å². The first-order valence-electron chi connectivity index (χ1n) is 6.51. The molecule has 2 heterocycles. The Hall–Kier alpha value is -0.900. The molecule has 3 heteroatoms. The highest BCUT2D eigenvalue weighted by Crippen LogP contribution is 2.22. The highest BCUT2D eigenvalue weighted by Gasteiger charge is 2.35. The van der Waals surface area contributed by atoms with Crippen molar-refractivity contribution in [3.05, 3.63) is 35.9 Å². The normalized spacial score (nSPS) is 33.6. The number of fused-ring (bicyclic) bond motifs is 2. The van der Waals surface area contributed by atoms with E-state index < -0.39 is 0 Å². The van der Waals surface area contributed by atoms with Gasteiger partial charge < -0.3 is 10.0 Å². The van der Waals surface area contributed by atoms with Gasteiger partial charge in [0.2, 0.25) is 0 Å². The molecule has 2 aliphatic rings. The molecule has 0 radical (unpaired) electrons. The summed E-state index contributed by atoms with van der Waals surface area (Å²) < 4.78 is 0. The number of rotatable bonds is 2. The highest BCUT2D eigenvalue weighted by molar-refractivity contribution is 5.15. The Bertz CT molecular complexity index is 368. The van der Waals surface area contributed by atoms with Gasteiger partial charge in [-0.3, -0.25) is 4.90 Å². The zero-order chi connectivity index (χ0) is 11.7. The Balaban J connectivity index is 1.70. The van der Waals surface area contributed by atoms with Gasteiger partial charge in [0.1, 0.15) is 0 Å². The van der Waals surface area contributed by atoms with Gasteiger partial charge in [0.05, 0.1) is 6.10 Å². The van der Waals surface area contributed by atoms with Gasteiger partial charge in [0.15, 0.2) is 0 Å². The fourth-order valence-electron chi connectivity index (χ4n) is 3.00. The molecule has 92 valence electrons. The number of aliphatic hydroxyl groups excluding tert-OH is 1. The predicted molar refractivity (Wildman–Crippen MR) is 67.7 cm³/mol. The standard InChI is InChI=1S/C14H20N2O/c17-14-6-7-15-8-9-16(13(14)11-15)10-12-4-2-1-3-5-12/h1-5,13-14,17H,6-11H2/t13-,14+/m0/s1. The molecule has 0 amide bonds. The summed E-state index contributed by atoms with van der Waals surface area (Å²) in [5.74, 6) is 0. The van der Waals surface area contributed by atoms with E-state index in [4.69, 9.17) is 0 Å². The van der Waals surface area contributed by atoms with Gasteiger partial charge in [-0.2, -0.15) is 0 Å². The number of aliphatic hydroxyl groups is 1. The minimum absolute atomic E-state index is 0.143. The first-order chi connectivity index (χ1) is 8.33. The summed E-state index contributed by atoms with van der Waals surface area (Å²) in [5, 5.41) is 10.1. The van der Waals surface area contributed by atoms with Crippen LogP contribution in [-0.4, -0.2) is 53.2 Å². The molecule has 3 atom stereocenters. The second kappa shape index (κ2) is 4.77. The lowest BCUT2D eigenvalue weighted by atomic mass is 9.97. The van der Waals surface area contributed by atoms with Crippen LogP contribution in [0.15, 0.2) is 30.3 Å². The van der Waals surface area contributed by atoms with Gasteiger partial charge in [-0.15, -0.1) is 0 Å². The first kappa shape index (κ1) is 11.2. The number of benzene rings is 1. The van der Waals surface area contributed by atoms with Crippen LogP contribution >= 0.6 is 0 Å². The Morgan fingerprint density at radius 3 is 2.76 bits per heavy atom. The summed E-state index contributed by atoms with van der Waals surface area (Å²) in [6.45, 7) is 5.30. The first-order valence-corrected chi connectivity index (χ1v) is 6.51. The summed E-state index contributed by atoms with van der Waals surface area (Å²) in [4.78, 5) is 4.91. The second-order valence-corrected chi connectivity index (χ2v) is 5.18. The molecule has 1 aromatic carbocycles. The second-order valence-electron chi connectivity index (χ2n) is 5.18. The van der Waals surface area contributed by atoms with Gasteiger partial charge in [0.25, 0.3) is 0 Å². The maximum atomic E-state index is 10.1. The van der Waals surface area contributed by atoms with Crippen molar-refractivity contribution in [2.75, 3.05) is 26.2 Å². The number of piperazine rings is 1. The van der Waals surface area contributed by atoms with Crippen LogP contribution in [0.25, 0.3) is 0 Å². The topological polar surface area (TPSA) is 26.7 Å². The molecule has 1 unspecified atom stereocenters. The quantitative estimate of drug-likeness (QED) is 0.822. The largest absolute Gasteiger partial charge is 0.391 e. The van der Waals surface area contributed by atoms with Gasteiger partial charge in [-0.05, 0) is 12.0 Å². The van der Waals surface area contributed by atoms with Crippen LogP contribution in [0, 0.1) is 0 Å². The molecule has 3 rings (SSSR count). The highest BCUT2D eigenvalue weighted by atomic mass is 16.3. The number of piperidine rings is 1. The van der Waals surface area contributed by atoms with E-state index in [0.717, 1.165) is 39.1 Å². The lowest BCUT2D eigenvalue weighted by Gasteiger charge is -2.47. The van der Waals surface area contributed by atoms with Crippen LogP contribution in [0.4, 0.5) is 0 Å². The van der Waals surface area contributed by atoms with Gasteiger partial charge in [-0.1, -0.05) is 30.3 Å². The van der Waals surface area contributed by atoms with Crippen molar-refractivity contribution in [3.63, 3.8) is 0 Å². The number of nitrogens with zero attached hydrogens (tertiary/aromatic N) is 2. The van der Waals surface area contributed by atoms with E-state index in [9.17, 15) is 5.11 Å². The zero-order valence-electron chi connectivity index (χ0n) is 10.1. The van der Waals surface area contributed by atoms with Gasteiger partial charge >= 0.3 is 0 Å². The van der Waals surface area contributed by atoms with E-state index in [1.807, 2.05) is 0 Å². The van der Waals surface area contributed by atoms with Crippen LogP contribution < -0.4 is 0 Å². The Morgan fingerprint density at radius 1 is 1.12 bits per heavy atom. The maximum absolute atomic E-state index is 10.1. The molecule has 2 bridgehead atoms. The smallest absolute Gasteiger partial charge is 0.0720 e. The van der Waals surface area contributed by atoms with Crippen molar-refractivity contribution in [2.24, 2.45) is 0 Å². The Kier molecular flexibility index (Phi) is 3.14. The third-order valence-electron chi connectivity index (χ3n) is 4.03. The predicted octanol–water partition coefficient (Wildman–Crippen LogP) is 0.937. The van der Waals surface area contributed by atoms with E-state index in [-0.39, 0.29) is 6.10 Å². The van der Waals surface area contributed by atoms with Crippen molar-refractivity contribution in [2.45, 2.75) is 25.1 Å². The molecule has 2 saturated heterocycles.